The summed E-state index contributed by atoms with van der Waals surface area (Å²) in [5.41, 5.74) is 3.60. The summed E-state index contributed by atoms with van der Waals surface area (Å²) < 4.78 is 37.6. The number of benzene rings is 1. The van der Waals surface area contributed by atoms with E-state index in [1.54, 1.807) is 19.1 Å². The Hall–Kier alpha value is -2.12. The van der Waals surface area contributed by atoms with Crippen molar-refractivity contribution < 1.29 is 22.8 Å². The van der Waals surface area contributed by atoms with E-state index in [0.29, 0.717) is 11.8 Å². The van der Waals surface area contributed by atoms with Gasteiger partial charge in [0.1, 0.15) is 6.61 Å². The fraction of sp³-hybridized carbons (Fsp3) is 0.250. The Kier molecular flexibility index (Phi) is 5.46. The molecule has 0 radical (unpaired) electrons. The van der Waals surface area contributed by atoms with Gasteiger partial charge in [0, 0.05) is 11.8 Å². The van der Waals surface area contributed by atoms with Gasteiger partial charge in [-0.05, 0) is 31.5 Å². The number of nitrogens with one attached hydrogen (secondary N) is 1. The Bertz CT molecular complexity index is 763. The first kappa shape index (κ1) is 18.2. The van der Waals surface area contributed by atoms with Crippen molar-refractivity contribution in [2.24, 2.45) is 0 Å². The Morgan fingerprint density at radius 2 is 2.00 bits per heavy atom. The van der Waals surface area contributed by atoms with Crippen LogP contribution in [0.25, 0.3) is 0 Å². The summed E-state index contributed by atoms with van der Waals surface area (Å²) in [7, 11) is 0. The van der Waals surface area contributed by atoms with Crippen LogP contribution >= 0.6 is 11.6 Å². The van der Waals surface area contributed by atoms with Crippen LogP contribution in [0.3, 0.4) is 0 Å². The molecule has 0 aliphatic rings. The number of halogens is 4. The zero-order valence-corrected chi connectivity index (χ0v) is 13.6. The molecule has 0 spiro atoms. The summed E-state index contributed by atoms with van der Waals surface area (Å²) >= 11 is 5.76. The normalized spacial score (nSPS) is 11.4. The minimum Gasteiger partial charge on any atom is -0.267 e. The number of carbonyl (C=O) groups is 1. The van der Waals surface area contributed by atoms with Crippen molar-refractivity contribution >= 4 is 17.5 Å². The van der Waals surface area contributed by atoms with Crippen LogP contribution in [0.15, 0.2) is 30.5 Å². The van der Waals surface area contributed by atoms with Crippen LogP contribution in [0.4, 0.5) is 13.2 Å². The van der Waals surface area contributed by atoms with Crippen LogP contribution in [0.1, 0.15) is 32.7 Å². The second-order valence-corrected chi connectivity index (χ2v) is 5.60. The largest absolute Gasteiger partial charge is 0.417 e. The van der Waals surface area contributed by atoms with E-state index in [2.05, 4.69) is 10.5 Å². The third-order valence-corrected chi connectivity index (χ3v) is 3.57. The standard InChI is InChI=1S/C16H14ClF3N2O2/c1-9-3-4-12(10(2)5-9)15(23)22-24-8-14-13(17)6-11(7-21-14)16(18,19)20/h3-7H,8H2,1-2H3,(H,22,23). The molecule has 8 heteroatoms. The first-order chi connectivity index (χ1) is 11.2. The maximum Gasteiger partial charge on any atom is 0.417 e. The molecule has 1 aromatic heterocycles. The van der Waals surface area contributed by atoms with Gasteiger partial charge in [0.05, 0.1) is 16.3 Å². The van der Waals surface area contributed by atoms with E-state index >= 15 is 0 Å². The van der Waals surface area contributed by atoms with E-state index in [1.807, 2.05) is 13.0 Å². The van der Waals surface area contributed by atoms with Gasteiger partial charge in [0.15, 0.2) is 0 Å². The average molecular weight is 359 g/mol. The van der Waals surface area contributed by atoms with E-state index in [-0.39, 0.29) is 17.3 Å². The summed E-state index contributed by atoms with van der Waals surface area (Å²) in [6, 6.07) is 6.06. The predicted molar refractivity (Wildman–Crippen MR) is 82.4 cm³/mol. The van der Waals surface area contributed by atoms with Crippen molar-refractivity contribution in [3.05, 3.63) is 63.4 Å². The lowest BCUT2D eigenvalue weighted by molar-refractivity contribution is -0.137. The van der Waals surface area contributed by atoms with Crippen LogP contribution in [0.2, 0.25) is 5.02 Å². The zero-order valence-electron chi connectivity index (χ0n) is 12.9. The topological polar surface area (TPSA) is 51.2 Å². The van der Waals surface area contributed by atoms with Crippen molar-refractivity contribution in [3.8, 4) is 0 Å². The molecule has 128 valence electrons. The molecule has 4 nitrogen and oxygen atoms in total. The molecule has 1 aromatic carbocycles. The van der Waals surface area contributed by atoms with Gasteiger partial charge in [0.25, 0.3) is 5.91 Å². The van der Waals surface area contributed by atoms with Crippen LogP contribution in [-0.2, 0) is 17.6 Å². The Morgan fingerprint density at radius 1 is 1.29 bits per heavy atom. The van der Waals surface area contributed by atoms with Crippen molar-refractivity contribution in [2.75, 3.05) is 0 Å². The second kappa shape index (κ2) is 7.19. The number of hydrogen-bond acceptors (Lipinski definition) is 3. The molecule has 0 bridgehead atoms. The first-order valence-electron chi connectivity index (χ1n) is 6.89. The molecule has 0 atom stereocenters. The molecule has 0 unspecified atom stereocenters. The van der Waals surface area contributed by atoms with E-state index in [4.69, 9.17) is 16.4 Å². The van der Waals surface area contributed by atoms with Crippen molar-refractivity contribution in [1.29, 1.82) is 0 Å². The number of hydrogen-bond donors (Lipinski definition) is 1. The minimum absolute atomic E-state index is 0.0885. The number of aryl methyl sites for hydroxylation is 2. The highest BCUT2D eigenvalue weighted by Crippen LogP contribution is 2.31. The number of hydroxylamine groups is 1. The number of amides is 1. The van der Waals surface area contributed by atoms with Crippen molar-refractivity contribution in [1.82, 2.24) is 10.5 Å². The molecular formula is C16H14ClF3N2O2. The predicted octanol–water partition coefficient (Wildman–Crippen LogP) is 4.23. The molecule has 0 saturated carbocycles. The Morgan fingerprint density at radius 3 is 2.58 bits per heavy atom. The molecule has 1 amide bonds. The molecule has 2 rings (SSSR count). The number of nitrogens with zero attached hydrogens (tertiary/aromatic N) is 1. The molecular weight excluding hydrogens is 345 g/mol. The van der Waals surface area contributed by atoms with E-state index in [0.717, 1.165) is 17.2 Å². The highest BCUT2D eigenvalue weighted by molar-refractivity contribution is 6.31. The molecule has 1 heterocycles. The Balaban J connectivity index is 1.98. The van der Waals surface area contributed by atoms with Gasteiger partial charge in [-0.25, -0.2) is 5.48 Å². The first-order valence-corrected chi connectivity index (χ1v) is 7.27. The number of rotatable bonds is 4. The molecule has 0 fully saturated rings. The molecule has 0 aliphatic carbocycles. The minimum atomic E-state index is -4.52. The van der Waals surface area contributed by atoms with Gasteiger partial charge in [-0.1, -0.05) is 29.3 Å². The van der Waals surface area contributed by atoms with Gasteiger partial charge < -0.3 is 0 Å². The summed E-state index contributed by atoms with van der Waals surface area (Å²) in [5.74, 6) is -0.462. The van der Waals surface area contributed by atoms with E-state index < -0.39 is 17.6 Å². The summed E-state index contributed by atoms with van der Waals surface area (Å²) in [5, 5.41) is -0.189. The van der Waals surface area contributed by atoms with Gasteiger partial charge >= 0.3 is 6.18 Å². The number of carbonyl (C=O) groups excluding carboxylic acids is 1. The lowest BCUT2D eigenvalue weighted by atomic mass is 10.1. The number of aromatic nitrogens is 1. The molecule has 1 N–H and O–H groups in total. The lowest BCUT2D eigenvalue weighted by Gasteiger charge is -2.11. The Labute approximate surface area is 141 Å². The molecule has 0 aliphatic heterocycles. The fourth-order valence-corrected chi connectivity index (χ4v) is 2.24. The molecule has 2 aromatic rings. The summed E-state index contributed by atoms with van der Waals surface area (Å²) in [4.78, 5) is 20.6. The SMILES string of the molecule is Cc1ccc(C(=O)NOCc2ncc(C(F)(F)F)cc2Cl)c(C)c1. The quantitative estimate of drug-likeness (QED) is 0.832. The van der Waals surface area contributed by atoms with Gasteiger partial charge in [-0.2, -0.15) is 13.2 Å². The number of pyridine rings is 1. The number of alkyl halides is 3. The second-order valence-electron chi connectivity index (χ2n) is 5.19. The van der Waals surface area contributed by atoms with Crippen LogP contribution < -0.4 is 5.48 Å². The van der Waals surface area contributed by atoms with Crippen LogP contribution in [0.5, 0.6) is 0 Å². The third kappa shape index (κ3) is 4.46. The maximum atomic E-state index is 12.5. The highest BCUT2D eigenvalue weighted by Gasteiger charge is 2.31. The lowest BCUT2D eigenvalue weighted by Crippen LogP contribution is -2.24. The van der Waals surface area contributed by atoms with E-state index in [1.165, 1.54) is 0 Å². The van der Waals surface area contributed by atoms with Gasteiger partial charge in [-0.15, -0.1) is 0 Å². The smallest absolute Gasteiger partial charge is 0.267 e. The van der Waals surface area contributed by atoms with Crippen molar-refractivity contribution in [2.45, 2.75) is 26.6 Å². The van der Waals surface area contributed by atoms with Gasteiger partial charge in [0.2, 0.25) is 0 Å². The summed E-state index contributed by atoms with van der Waals surface area (Å²) in [6.45, 7) is 3.44. The van der Waals surface area contributed by atoms with E-state index in [9.17, 15) is 18.0 Å². The maximum absolute atomic E-state index is 12.5. The zero-order chi connectivity index (χ0) is 17.9. The highest BCUT2D eigenvalue weighted by atomic mass is 35.5. The third-order valence-electron chi connectivity index (χ3n) is 3.24. The summed E-state index contributed by atoms with van der Waals surface area (Å²) in [6.07, 6.45) is -3.86. The average Bonchev–Trinajstić information content (AvgIpc) is 2.47. The molecule has 0 saturated heterocycles. The fourth-order valence-electron chi connectivity index (χ4n) is 2.02. The van der Waals surface area contributed by atoms with Crippen molar-refractivity contribution in [3.63, 3.8) is 0 Å². The van der Waals surface area contributed by atoms with Gasteiger partial charge in [-0.3, -0.25) is 14.6 Å². The monoisotopic (exact) mass is 358 g/mol. The van der Waals surface area contributed by atoms with Crippen LogP contribution in [0, 0.1) is 13.8 Å². The van der Waals surface area contributed by atoms with Crippen LogP contribution in [-0.4, -0.2) is 10.9 Å². The molecule has 24 heavy (non-hydrogen) atoms.